The molecule has 0 spiro atoms. The quantitative estimate of drug-likeness (QED) is 0.736. The first-order chi connectivity index (χ1) is 6.18. The summed E-state index contributed by atoms with van der Waals surface area (Å²) < 4.78 is 3.45. The number of benzene rings is 1. The molecule has 0 saturated heterocycles. The summed E-state index contributed by atoms with van der Waals surface area (Å²) in [6.07, 6.45) is 1.91. The van der Waals surface area contributed by atoms with Crippen molar-refractivity contribution in [2.45, 2.75) is 19.9 Å². The highest BCUT2D eigenvalue weighted by Crippen LogP contribution is 2.19. The minimum atomic E-state index is 0.475. The van der Waals surface area contributed by atoms with E-state index in [4.69, 9.17) is 0 Å². The molecule has 2 nitrogen and oxygen atoms in total. The summed E-state index contributed by atoms with van der Waals surface area (Å²) in [5, 5.41) is 0. The van der Waals surface area contributed by atoms with Crippen molar-refractivity contribution in [3.05, 3.63) is 28.1 Å². The minimum absolute atomic E-state index is 0.475. The minimum Gasteiger partial charge on any atom is -0.328 e. The highest BCUT2D eigenvalue weighted by Gasteiger charge is 2.04. The number of nitrogens with zero attached hydrogens (tertiary/aromatic N) is 2. The molecule has 0 fully saturated rings. The maximum absolute atomic E-state index is 4.34. The van der Waals surface area contributed by atoms with Crippen molar-refractivity contribution in [2.75, 3.05) is 0 Å². The third-order valence-electron chi connectivity index (χ3n) is 2.09. The van der Waals surface area contributed by atoms with Crippen LogP contribution in [0.3, 0.4) is 0 Å². The molecule has 1 heterocycles. The van der Waals surface area contributed by atoms with Crippen LogP contribution in [0.1, 0.15) is 19.9 Å². The van der Waals surface area contributed by atoms with Gasteiger partial charge in [0.15, 0.2) is 0 Å². The molecule has 0 bridgehead atoms. The second-order valence-electron chi connectivity index (χ2n) is 3.38. The molecule has 2 aromatic rings. The molecule has 0 saturated carbocycles. The molecule has 0 aliphatic rings. The van der Waals surface area contributed by atoms with Gasteiger partial charge < -0.3 is 4.57 Å². The number of halogens is 1. The van der Waals surface area contributed by atoms with Crippen molar-refractivity contribution in [1.29, 1.82) is 0 Å². The SMILES string of the molecule is CC(C)n1cnc2ccc(I)cc21. The smallest absolute Gasteiger partial charge is 0.0960 e. The Morgan fingerprint density at radius 3 is 2.85 bits per heavy atom. The molecule has 0 N–H and O–H groups in total. The standard InChI is InChI=1S/C10H11IN2/c1-7(2)13-6-12-9-4-3-8(11)5-10(9)13/h3-7H,1-2H3. The molecule has 0 atom stereocenters. The van der Waals surface area contributed by atoms with E-state index in [0.717, 1.165) is 5.52 Å². The van der Waals surface area contributed by atoms with Crippen LogP contribution in [0.25, 0.3) is 11.0 Å². The van der Waals surface area contributed by atoms with E-state index in [1.165, 1.54) is 9.09 Å². The van der Waals surface area contributed by atoms with Gasteiger partial charge in [0, 0.05) is 9.61 Å². The lowest BCUT2D eigenvalue weighted by atomic mass is 10.3. The summed E-state index contributed by atoms with van der Waals surface area (Å²) in [5.74, 6) is 0. The van der Waals surface area contributed by atoms with E-state index in [9.17, 15) is 0 Å². The molecule has 0 aliphatic carbocycles. The van der Waals surface area contributed by atoms with Crippen molar-refractivity contribution >= 4 is 33.6 Å². The zero-order valence-corrected chi connectivity index (χ0v) is 9.82. The molecule has 0 aliphatic heterocycles. The summed E-state index contributed by atoms with van der Waals surface area (Å²) in [5.41, 5.74) is 2.30. The van der Waals surface area contributed by atoms with E-state index in [-0.39, 0.29) is 0 Å². The predicted octanol–water partition coefficient (Wildman–Crippen LogP) is 3.22. The van der Waals surface area contributed by atoms with Gasteiger partial charge in [-0.1, -0.05) is 0 Å². The van der Waals surface area contributed by atoms with Gasteiger partial charge in [-0.2, -0.15) is 0 Å². The van der Waals surface area contributed by atoms with Crippen LogP contribution < -0.4 is 0 Å². The van der Waals surface area contributed by atoms with Crippen LogP contribution in [0.15, 0.2) is 24.5 Å². The topological polar surface area (TPSA) is 17.8 Å². The van der Waals surface area contributed by atoms with Gasteiger partial charge in [0.2, 0.25) is 0 Å². The summed E-state index contributed by atoms with van der Waals surface area (Å²) in [6.45, 7) is 4.34. The van der Waals surface area contributed by atoms with E-state index >= 15 is 0 Å². The first kappa shape index (κ1) is 8.99. The Balaban J connectivity index is 2.71. The second kappa shape index (κ2) is 3.29. The highest BCUT2D eigenvalue weighted by molar-refractivity contribution is 14.1. The van der Waals surface area contributed by atoms with Gasteiger partial charge in [-0.15, -0.1) is 0 Å². The molecule has 2 rings (SSSR count). The normalized spacial score (nSPS) is 11.4. The van der Waals surface area contributed by atoms with Crippen molar-refractivity contribution in [2.24, 2.45) is 0 Å². The van der Waals surface area contributed by atoms with Crippen LogP contribution in [-0.4, -0.2) is 9.55 Å². The summed E-state index contributed by atoms with van der Waals surface area (Å²) in [6, 6.07) is 6.79. The van der Waals surface area contributed by atoms with Gasteiger partial charge in [-0.25, -0.2) is 4.98 Å². The van der Waals surface area contributed by atoms with Crippen molar-refractivity contribution in [1.82, 2.24) is 9.55 Å². The Bertz CT molecular complexity index is 431. The lowest BCUT2D eigenvalue weighted by molar-refractivity contribution is 0.617. The van der Waals surface area contributed by atoms with Crippen LogP contribution in [0.2, 0.25) is 0 Å². The number of rotatable bonds is 1. The molecular weight excluding hydrogens is 275 g/mol. The lowest BCUT2D eigenvalue weighted by Gasteiger charge is -2.07. The lowest BCUT2D eigenvalue weighted by Crippen LogP contribution is -1.97. The molecule has 3 heteroatoms. The van der Waals surface area contributed by atoms with E-state index in [1.54, 1.807) is 0 Å². The van der Waals surface area contributed by atoms with E-state index in [0.29, 0.717) is 6.04 Å². The molecule has 1 aromatic heterocycles. The fraction of sp³-hybridized carbons (Fsp3) is 0.300. The van der Waals surface area contributed by atoms with Gasteiger partial charge in [0.05, 0.1) is 17.4 Å². The van der Waals surface area contributed by atoms with E-state index < -0.39 is 0 Å². The van der Waals surface area contributed by atoms with Crippen LogP contribution in [0.4, 0.5) is 0 Å². The number of aromatic nitrogens is 2. The zero-order chi connectivity index (χ0) is 9.42. The predicted molar refractivity (Wildman–Crippen MR) is 62.8 cm³/mol. The fourth-order valence-electron chi connectivity index (χ4n) is 1.41. The zero-order valence-electron chi connectivity index (χ0n) is 7.66. The number of fused-ring (bicyclic) bond motifs is 1. The molecule has 0 unspecified atom stereocenters. The number of hydrogen-bond acceptors (Lipinski definition) is 1. The summed E-state index contributed by atoms with van der Waals surface area (Å²) in [7, 11) is 0. The molecule has 1 aromatic carbocycles. The second-order valence-corrected chi connectivity index (χ2v) is 4.62. The van der Waals surface area contributed by atoms with Gasteiger partial charge in [0.25, 0.3) is 0 Å². The average molecular weight is 286 g/mol. The van der Waals surface area contributed by atoms with E-state index in [1.807, 2.05) is 6.33 Å². The number of imidazole rings is 1. The molecule has 13 heavy (non-hydrogen) atoms. The Kier molecular flexibility index (Phi) is 2.27. The maximum atomic E-state index is 4.34. The van der Waals surface area contributed by atoms with Crippen LogP contribution in [0, 0.1) is 3.57 Å². The van der Waals surface area contributed by atoms with Crippen molar-refractivity contribution < 1.29 is 0 Å². The Morgan fingerprint density at radius 1 is 1.38 bits per heavy atom. The molecule has 0 radical (unpaired) electrons. The van der Waals surface area contributed by atoms with Crippen LogP contribution in [0.5, 0.6) is 0 Å². The average Bonchev–Trinajstić information content (AvgIpc) is 2.46. The monoisotopic (exact) mass is 286 g/mol. The summed E-state index contributed by atoms with van der Waals surface area (Å²) in [4.78, 5) is 4.34. The van der Waals surface area contributed by atoms with E-state index in [2.05, 4.69) is 64.2 Å². The van der Waals surface area contributed by atoms with Crippen LogP contribution in [-0.2, 0) is 0 Å². The summed E-state index contributed by atoms with van der Waals surface area (Å²) >= 11 is 2.32. The highest BCUT2D eigenvalue weighted by atomic mass is 127. The molecule has 68 valence electrons. The number of hydrogen-bond donors (Lipinski definition) is 0. The first-order valence-corrected chi connectivity index (χ1v) is 5.38. The third-order valence-corrected chi connectivity index (χ3v) is 2.76. The molecular formula is C10H11IN2. The first-order valence-electron chi connectivity index (χ1n) is 4.30. The Labute approximate surface area is 91.1 Å². The van der Waals surface area contributed by atoms with Gasteiger partial charge >= 0.3 is 0 Å². The fourth-order valence-corrected chi connectivity index (χ4v) is 1.89. The third kappa shape index (κ3) is 1.57. The van der Waals surface area contributed by atoms with Gasteiger partial charge in [-0.05, 0) is 54.6 Å². The Morgan fingerprint density at radius 2 is 2.15 bits per heavy atom. The Hall–Kier alpha value is -0.580. The van der Waals surface area contributed by atoms with Gasteiger partial charge in [-0.3, -0.25) is 0 Å². The van der Waals surface area contributed by atoms with Crippen LogP contribution >= 0.6 is 22.6 Å². The van der Waals surface area contributed by atoms with Gasteiger partial charge in [0.1, 0.15) is 0 Å². The molecule has 0 amide bonds. The largest absolute Gasteiger partial charge is 0.328 e. The van der Waals surface area contributed by atoms with Crippen molar-refractivity contribution in [3.8, 4) is 0 Å². The maximum Gasteiger partial charge on any atom is 0.0960 e. The van der Waals surface area contributed by atoms with Crippen molar-refractivity contribution in [3.63, 3.8) is 0 Å².